The van der Waals surface area contributed by atoms with Gasteiger partial charge in [0.25, 0.3) is 0 Å². The van der Waals surface area contributed by atoms with Crippen LogP contribution in [-0.4, -0.2) is 20.6 Å². The van der Waals surface area contributed by atoms with Crippen LogP contribution in [0.5, 0.6) is 0 Å². The lowest BCUT2D eigenvalue weighted by molar-refractivity contribution is 0.713. The molecule has 0 aliphatic heterocycles. The summed E-state index contributed by atoms with van der Waals surface area (Å²) in [6, 6.07) is 14.3. The molecule has 2 aromatic heterocycles. The highest BCUT2D eigenvalue weighted by Gasteiger charge is 2.21. The highest BCUT2D eigenvalue weighted by atomic mass is 32.2. The molecule has 2 unspecified atom stereocenters. The molecule has 3 rings (SSSR count). The summed E-state index contributed by atoms with van der Waals surface area (Å²) in [5.41, 5.74) is 9.58. The van der Waals surface area contributed by atoms with Crippen molar-refractivity contribution in [3.63, 3.8) is 0 Å². The van der Waals surface area contributed by atoms with Crippen LogP contribution in [0.15, 0.2) is 53.8 Å². The van der Waals surface area contributed by atoms with Gasteiger partial charge in [0.2, 0.25) is 0 Å². The van der Waals surface area contributed by atoms with Crippen LogP contribution in [0.1, 0.15) is 23.3 Å². The molecule has 0 fully saturated rings. The lowest BCUT2D eigenvalue weighted by atomic mass is 10.0. The van der Waals surface area contributed by atoms with Gasteiger partial charge in [-0.15, -0.1) is 10.2 Å². The number of benzene rings is 1. The molecule has 5 heteroatoms. The minimum atomic E-state index is 0.0205. The van der Waals surface area contributed by atoms with Crippen molar-refractivity contribution in [2.24, 2.45) is 5.73 Å². The summed E-state index contributed by atoms with van der Waals surface area (Å²) >= 11 is 1.66. The number of nitrogens with two attached hydrogens (primary N) is 1. The second-order valence-electron chi connectivity index (χ2n) is 5.17. The van der Waals surface area contributed by atoms with Gasteiger partial charge in [-0.2, -0.15) is 0 Å². The third-order valence-electron chi connectivity index (χ3n) is 3.49. The average molecular weight is 298 g/mol. The Kier molecular flexibility index (Phi) is 3.94. The molecule has 0 radical (unpaired) electrons. The molecule has 0 saturated heterocycles. The molecule has 108 valence electrons. The molecule has 21 heavy (non-hydrogen) atoms. The van der Waals surface area contributed by atoms with E-state index in [0.29, 0.717) is 0 Å². The average Bonchev–Trinajstić information content (AvgIpc) is 2.89. The Morgan fingerprint density at radius 3 is 2.62 bits per heavy atom. The third-order valence-corrected chi connectivity index (χ3v) is 4.91. The second-order valence-corrected chi connectivity index (χ2v) is 6.27. The first kappa shape index (κ1) is 14.1. The van der Waals surface area contributed by atoms with Crippen molar-refractivity contribution >= 4 is 17.4 Å². The fraction of sp³-hybridized carbons (Fsp3) is 0.250. The maximum absolute atomic E-state index is 6.22. The molecule has 2 atom stereocenters. The molecule has 0 amide bonds. The van der Waals surface area contributed by atoms with E-state index in [4.69, 9.17) is 5.73 Å². The minimum absolute atomic E-state index is 0.0205. The van der Waals surface area contributed by atoms with Gasteiger partial charge in [-0.3, -0.25) is 4.40 Å². The first-order valence-corrected chi connectivity index (χ1v) is 7.82. The summed E-state index contributed by atoms with van der Waals surface area (Å²) in [4.78, 5) is 0. The van der Waals surface area contributed by atoms with Gasteiger partial charge in [0.05, 0.1) is 5.25 Å². The van der Waals surface area contributed by atoms with E-state index in [-0.39, 0.29) is 11.3 Å². The first-order valence-electron chi connectivity index (χ1n) is 6.94. The van der Waals surface area contributed by atoms with E-state index in [1.807, 2.05) is 41.8 Å². The van der Waals surface area contributed by atoms with Crippen LogP contribution in [0, 0.1) is 6.92 Å². The molecule has 1 aromatic carbocycles. The Labute approximate surface area is 128 Å². The van der Waals surface area contributed by atoms with Gasteiger partial charge in [0, 0.05) is 12.2 Å². The molecule has 3 aromatic rings. The fourth-order valence-corrected chi connectivity index (χ4v) is 3.56. The van der Waals surface area contributed by atoms with Crippen molar-refractivity contribution in [3.8, 4) is 0 Å². The van der Waals surface area contributed by atoms with Gasteiger partial charge < -0.3 is 5.73 Å². The van der Waals surface area contributed by atoms with E-state index in [1.54, 1.807) is 11.8 Å². The number of nitrogens with zero attached hydrogens (tertiary/aromatic N) is 3. The lowest BCUT2D eigenvalue weighted by Crippen LogP contribution is -2.23. The maximum atomic E-state index is 6.22. The smallest absolute Gasteiger partial charge is 0.196 e. The number of aryl methyl sites for hydroxylation is 1. The van der Waals surface area contributed by atoms with Crippen LogP contribution >= 0.6 is 11.8 Å². The van der Waals surface area contributed by atoms with Crippen LogP contribution in [0.2, 0.25) is 0 Å². The number of hydrogen-bond acceptors (Lipinski definition) is 4. The van der Waals surface area contributed by atoms with Crippen molar-refractivity contribution in [1.29, 1.82) is 0 Å². The number of aromatic nitrogens is 3. The van der Waals surface area contributed by atoms with Crippen molar-refractivity contribution in [2.45, 2.75) is 30.3 Å². The molecule has 0 aliphatic carbocycles. The second kappa shape index (κ2) is 5.87. The Morgan fingerprint density at radius 1 is 1.10 bits per heavy atom. The lowest BCUT2D eigenvalue weighted by Gasteiger charge is -2.21. The molecule has 0 saturated carbocycles. The summed E-state index contributed by atoms with van der Waals surface area (Å²) in [5.74, 6) is 0. The highest BCUT2D eigenvalue weighted by Crippen LogP contribution is 2.37. The van der Waals surface area contributed by atoms with Crippen molar-refractivity contribution in [2.75, 3.05) is 0 Å². The Bertz CT molecular complexity index is 751. The number of pyridine rings is 1. The fourth-order valence-electron chi connectivity index (χ4n) is 2.37. The van der Waals surface area contributed by atoms with Crippen molar-refractivity contribution in [3.05, 3.63) is 59.8 Å². The summed E-state index contributed by atoms with van der Waals surface area (Å²) < 4.78 is 2.00. The molecule has 4 nitrogen and oxygen atoms in total. The van der Waals surface area contributed by atoms with Crippen LogP contribution < -0.4 is 5.73 Å². The van der Waals surface area contributed by atoms with Gasteiger partial charge >= 0.3 is 0 Å². The molecular weight excluding hydrogens is 280 g/mol. The zero-order valence-electron chi connectivity index (χ0n) is 12.1. The van der Waals surface area contributed by atoms with Crippen LogP contribution in [0.3, 0.4) is 0 Å². The zero-order valence-corrected chi connectivity index (χ0v) is 12.9. The number of thioether (sulfide) groups is 1. The van der Waals surface area contributed by atoms with Gasteiger partial charge in [-0.1, -0.05) is 42.1 Å². The van der Waals surface area contributed by atoms with E-state index in [1.165, 1.54) is 11.1 Å². The molecule has 0 bridgehead atoms. The largest absolute Gasteiger partial charge is 0.327 e. The predicted molar refractivity (Wildman–Crippen MR) is 86.4 cm³/mol. The Hall–Kier alpha value is -1.85. The first-order chi connectivity index (χ1) is 10.2. The normalized spacial score (nSPS) is 14.2. The molecular formula is C16H18N4S. The molecule has 0 aliphatic rings. The monoisotopic (exact) mass is 298 g/mol. The molecule has 2 heterocycles. The Balaban J connectivity index is 1.98. The number of rotatable bonds is 4. The molecule has 0 spiro atoms. The number of fused-ring (bicyclic) bond motifs is 1. The SMILES string of the molecule is Cc1ccccc1C(Sc1nnc2ccccn12)C(C)N. The zero-order chi connectivity index (χ0) is 14.8. The number of hydrogen-bond donors (Lipinski definition) is 1. The standard InChI is InChI=1S/C16H18N4S/c1-11-7-3-4-8-13(11)15(12(2)17)21-16-19-18-14-9-5-6-10-20(14)16/h3-10,12,15H,17H2,1-2H3. The summed E-state index contributed by atoms with van der Waals surface area (Å²) in [6.07, 6.45) is 1.98. The quantitative estimate of drug-likeness (QED) is 0.751. The van der Waals surface area contributed by atoms with E-state index in [2.05, 4.69) is 35.3 Å². The van der Waals surface area contributed by atoms with Gasteiger partial charge in [0.1, 0.15) is 0 Å². The molecule has 2 N–H and O–H groups in total. The van der Waals surface area contributed by atoms with E-state index in [9.17, 15) is 0 Å². The predicted octanol–water partition coefficient (Wildman–Crippen LogP) is 3.22. The maximum Gasteiger partial charge on any atom is 0.196 e. The van der Waals surface area contributed by atoms with E-state index < -0.39 is 0 Å². The minimum Gasteiger partial charge on any atom is -0.327 e. The van der Waals surface area contributed by atoms with E-state index in [0.717, 1.165) is 10.8 Å². The highest BCUT2D eigenvalue weighted by molar-refractivity contribution is 7.99. The van der Waals surface area contributed by atoms with Crippen LogP contribution in [-0.2, 0) is 0 Å². The summed E-state index contributed by atoms with van der Waals surface area (Å²) in [6.45, 7) is 4.15. The van der Waals surface area contributed by atoms with Gasteiger partial charge in [-0.05, 0) is 37.1 Å². The van der Waals surface area contributed by atoms with Crippen LogP contribution in [0.4, 0.5) is 0 Å². The van der Waals surface area contributed by atoms with Crippen molar-refractivity contribution < 1.29 is 0 Å². The topological polar surface area (TPSA) is 56.2 Å². The van der Waals surface area contributed by atoms with Crippen molar-refractivity contribution in [1.82, 2.24) is 14.6 Å². The van der Waals surface area contributed by atoms with Crippen LogP contribution in [0.25, 0.3) is 5.65 Å². The van der Waals surface area contributed by atoms with E-state index >= 15 is 0 Å². The van der Waals surface area contributed by atoms with Gasteiger partial charge in [0.15, 0.2) is 10.8 Å². The van der Waals surface area contributed by atoms with Gasteiger partial charge in [-0.25, -0.2) is 0 Å². The third kappa shape index (κ3) is 2.80. The Morgan fingerprint density at radius 2 is 1.86 bits per heavy atom. The summed E-state index contributed by atoms with van der Waals surface area (Å²) in [7, 11) is 0. The summed E-state index contributed by atoms with van der Waals surface area (Å²) in [5, 5.41) is 9.51.